The summed E-state index contributed by atoms with van der Waals surface area (Å²) in [4.78, 5) is 2.45. The molecular formula is C15H27N3O2. The zero-order valence-corrected chi connectivity index (χ0v) is 12.9. The molecule has 1 saturated carbocycles. The fourth-order valence-electron chi connectivity index (χ4n) is 3.72. The number of nitriles is 1. The molecule has 0 bridgehead atoms. The molecule has 1 aliphatic carbocycles. The van der Waals surface area contributed by atoms with Gasteiger partial charge >= 0.3 is 0 Å². The maximum Gasteiger partial charge on any atom is 0.108 e. The molecule has 2 fully saturated rings. The molecule has 0 aromatic heterocycles. The van der Waals surface area contributed by atoms with E-state index >= 15 is 0 Å². The van der Waals surface area contributed by atoms with Gasteiger partial charge in [0.2, 0.25) is 0 Å². The fourth-order valence-corrected chi connectivity index (χ4v) is 3.72. The average Bonchev–Trinajstić information content (AvgIpc) is 2.91. The molecule has 1 saturated heterocycles. The molecule has 2 rings (SSSR count). The first-order valence-electron chi connectivity index (χ1n) is 7.64. The van der Waals surface area contributed by atoms with Gasteiger partial charge in [0.25, 0.3) is 0 Å². The Morgan fingerprint density at radius 3 is 2.45 bits per heavy atom. The Labute approximate surface area is 122 Å². The van der Waals surface area contributed by atoms with Gasteiger partial charge in [0.15, 0.2) is 0 Å². The quantitative estimate of drug-likeness (QED) is 0.819. The van der Waals surface area contributed by atoms with E-state index in [1.807, 2.05) is 0 Å². The predicted octanol–water partition coefficient (Wildman–Crippen LogP) is 1.15. The summed E-state index contributed by atoms with van der Waals surface area (Å²) in [7, 11) is 3.50. The molecular weight excluding hydrogens is 254 g/mol. The molecule has 1 heterocycles. The van der Waals surface area contributed by atoms with Gasteiger partial charge in [-0.1, -0.05) is 6.92 Å². The third-order valence-corrected chi connectivity index (χ3v) is 4.82. The summed E-state index contributed by atoms with van der Waals surface area (Å²) in [6.45, 7) is 4.74. The fraction of sp³-hybridized carbons (Fsp3) is 0.933. The first-order valence-corrected chi connectivity index (χ1v) is 7.64. The van der Waals surface area contributed by atoms with Crippen LogP contribution in [0.25, 0.3) is 0 Å². The summed E-state index contributed by atoms with van der Waals surface area (Å²) in [6, 6.07) is 2.98. The van der Waals surface area contributed by atoms with Crippen molar-refractivity contribution >= 4 is 0 Å². The first-order chi connectivity index (χ1) is 9.68. The monoisotopic (exact) mass is 281 g/mol. The van der Waals surface area contributed by atoms with Crippen molar-refractivity contribution in [2.24, 2.45) is 0 Å². The molecule has 4 atom stereocenters. The first kappa shape index (κ1) is 15.7. The highest BCUT2D eigenvalue weighted by molar-refractivity contribution is 5.11. The second-order valence-corrected chi connectivity index (χ2v) is 5.98. The van der Waals surface area contributed by atoms with Crippen molar-refractivity contribution in [1.82, 2.24) is 10.2 Å². The van der Waals surface area contributed by atoms with Gasteiger partial charge in [-0.2, -0.15) is 5.26 Å². The van der Waals surface area contributed by atoms with Gasteiger partial charge in [0.05, 0.1) is 18.3 Å². The largest absolute Gasteiger partial charge is 0.377 e. The molecule has 2 aliphatic rings. The minimum Gasteiger partial charge on any atom is -0.377 e. The van der Waals surface area contributed by atoms with Crippen LogP contribution in [0.1, 0.15) is 32.6 Å². The number of ether oxygens (including phenoxy) is 2. The van der Waals surface area contributed by atoms with Crippen molar-refractivity contribution in [3.8, 4) is 6.07 Å². The summed E-state index contributed by atoms with van der Waals surface area (Å²) in [5.74, 6) is 0. The van der Waals surface area contributed by atoms with Crippen LogP contribution < -0.4 is 5.32 Å². The summed E-state index contributed by atoms with van der Waals surface area (Å²) >= 11 is 0. The van der Waals surface area contributed by atoms with Crippen LogP contribution in [0.2, 0.25) is 0 Å². The Balaban J connectivity index is 2.01. The van der Waals surface area contributed by atoms with Gasteiger partial charge in [-0.25, -0.2) is 0 Å². The highest BCUT2D eigenvalue weighted by Gasteiger charge is 2.42. The lowest BCUT2D eigenvalue weighted by molar-refractivity contribution is -0.00461. The van der Waals surface area contributed by atoms with Gasteiger partial charge in [0, 0.05) is 33.4 Å². The molecule has 5 nitrogen and oxygen atoms in total. The van der Waals surface area contributed by atoms with E-state index < -0.39 is 0 Å². The lowest BCUT2D eigenvalue weighted by Crippen LogP contribution is -2.52. The second-order valence-electron chi connectivity index (χ2n) is 5.98. The highest BCUT2D eigenvalue weighted by Crippen LogP contribution is 2.33. The number of likely N-dealkylation sites (tertiary alicyclic amines) is 1. The lowest BCUT2D eigenvalue weighted by Gasteiger charge is -2.40. The molecule has 114 valence electrons. The predicted molar refractivity (Wildman–Crippen MR) is 77.4 cm³/mol. The molecule has 0 aromatic carbocycles. The van der Waals surface area contributed by atoms with Crippen molar-refractivity contribution in [3.63, 3.8) is 0 Å². The Kier molecular flexibility index (Phi) is 5.39. The lowest BCUT2D eigenvalue weighted by atomic mass is 9.79. The topological polar surface area (TPSA) is 57.5 Å². The summed E-state index contributed by atoms with van der Waals surface area (Å²) in [5.41, 5.74) is -0.342. The van der Waals surface area contributed by atoms with Crippen molar-refractivity contribution in [2.75, 3.05) is 33.9 Å². The molecule has 0 spiro atoms. The van der Waals surface area contributed by atoms with Gasteiger partial charge < -0.3 is 9.47 Å². The van der Waals surface area contributed by atoms with E-state index in [2.05, 4.69) is 23.2 Å². The molecule has 1 N–H and O–H groups in total. The zero-order chi connectivity index (χ0) is 14.6. The Morgan fingerprint density at radius 1 is 1.30 bits per heavy atom. The van der Waals surface area contributed by atoms with E-state index in [-0.39, 0.29) is 17.7 Å². The third-order valence-electron chi connectivity index (χ3n) is 4.82. The number of nitrogens with one attached hydrogen (secondary N) is 1. The average molecular weight is 281 g/mol. The molecule has 0 aromatic rings. The van der Waals surface area contributed by atoms with Crippen molar-refractivity contribution in [3.05, 3.63) is 0 Å². The molecule has 5 heteroatoms. The number of hydrogen-bond acceptors (Lipinski definition) is 5. The molecule has 4 unspecified atom stereocenters. The Morgan fingerprint density at radius 2 is 1.95 bits per heavy atom. The molecule has 0 radical (unpaired) electrons. The number of methoxy groups -OCH3 is 2. The normalized spacial score (nSPS) is 38.8. The zero-order valence-electron chi connectivity index (χ0n) is 12.9. The smallest absolute Gasteiger partial charge is 0.108 e. The summed E-state index contributed by atoms with van der Waals surface area (Å²) in [6.07, 6.45) is 4.45. The van der Waals surface area contributed by atoms with Crippen LogP contribution >= 0.6 is 0 Å². The van der Waals surface area contributed by atoms with Crippen LogP contribution in [-0.2, 0) is 9.47 Å². The van der Waals surface area contributed by atoms with E-state index in [9.17, 15) is 5.26 Å². The molecule has 0 amide bonds. The Hall–Kier alpha value is -0.670. The van der Waals surface area contributed by atoms with Crippen molar-refractivity contribution in [1.29, 1.82) is 5.26 Å². The van der Waals surface area contributed by atoms with Gasteiger partial charge in [0.1, 0.15) is 5.54 Å². The van der Waals surface area contributed by atoms with Crippen molar-refractivity contribution < 1.29 is 9.47 Å². The van der Waals surface area contributed by atoms with E-state index in [0.717, 1.165) is 38.9 Å². The third kappa shape index (κ3) is 3.15. The standard InChI is InChI=1S/C15H27N3O2/c1-4-17-15(11-16)7-5-6-12(8-15)18-9-13(19-2)14(10-18)20-3/h12-14,17H,4-10H2,1-3H3. The Bertz CT molecular complexity index is 342. The number of rotatable bonds is 5. The van der Waals surface area contributed by atoms with Gasteiger partial charge in [-0.05, 0) is 32.2 Å². The van der Waals surface area contributed by atoms with Crippen LogP contribution in [-0.4, -0.2) is 62.5 Å². The van der Waals surface area contributed by atoms with E-state index in [1.165, 1.54) is 6.42 Å². The number of hydrogen-bond donors (Lipinski definition) is 1. The minimum atomic E-state index is -0.342. The maximum absolute atomic E-state index is 9.55. The van der Waals surface area contributed by atoms with Crippen LogP contribution in [0, 0.1) is 11.3 Å². The molecule has 1 aliphatic heterocycles. The summed E-state index contributed by atoms with van der Waals surface area (Å²) in [5, 5.41) is 13.0. The molecule has 20 heavy (non-hydrogen) atoms. The maximum atomic E-state index is 9.55. The van der Waals surface area contributed by atoms with Crippen LogP contribution in [0.4, 0.5) is 0 Å². The van der Waals surface area contributed by atoms with Crippen LogP contribution in [0.5, 0.6) is 0 Å². The van der Waals surface area contributed by atoms with Crippen LogP contribution in [0.3, 0.4) is 0 Å². The van der Waals surface area contributed by atoms with E-state index in [0.29, 0.717) is 6.04 Å². The second kappa shape index (κ2) is 6.86. The van der Waals surface area contributed by atoms with Gasteiger partial charge in [-0.15, -0.1) is 0 Å². The van der Waals surface area contributed by atoms with Crippen molar-refractivity contribution in [2.45, 2.75) is 56.4 Å². The van der Waals surface area contributed by atoms with Gasteiger partial charge in [-0.3, -0.25) is 10.2 Å². The minimum absolute atomic E-state index is 0.151. The SMILES string of the molecule is CCNC1(C#N)CCCC(N2CC(OC)C(OC)C2)C1. The van der Waals surface area contributed by atoms with E-state index in [4.69, 9.17) is 9.47 Å². The number of nitrogens with zero attached hydrogens (tertiary/aromatic N) is 2. The van der Waals surface area contributed by atoms with Crippen LogP contribution in [0.15, 0.2) is 0 Å². The highest BCUT2D eigenvalue weighted by atomic mass is 16.5. The summed E-state index contributed by atoms with van der Waals surface area (Å²) < 4.78 is 11.0. The van der Waals surface area contributed by atoms with E-state index in [1.54, 1.807) is 14.2 Å².